The lowest BCUT2D eigenvalue weighted by molar-refractivity contribution is -0.141. The van der Waals surface area contributed by atoms with Crippen LogP contribution in [-0.2, 0) is 9.53 Å². The van der Waals surface area contributed by atoms with Crippen LogP contribution < -0.4 is 4.90 Å². The van der Waals surface area contributed by atoms with Crippen LogP contribution in [0.3, 0.4) is 0 Å². The van der Waals surface area contributed by atoms with Crippen LogP contribution in [0, 0.1) is 19.8 Å². The molecule has 0 saturated carbocycles. The number of aromatic nitrogens is 2. The molecule has 3 saturated heterocycles. The van der Waals surface area contributed by atoms with Gasteiger partial charge in [0.15, 0.2) is 0 Å². The number of nitrogens with zero attached hydrogens (tertiary/aromatic N) is 5. The van der Waals surface area contributed by atoms with Crippen molar-refractivity contribution in [3.05, 3.63) is 17.6 Å². The number of ether oxygens (including phenoxy) is 1. The lowest BCUT2D eigenvalue weighted by Gasteiger charge is -2.43. The van der Waals surface area contributed by atoms with Gasteiger partial charge in [-0.15, -0.1) is 0 Å². The fraction of sp³-hybridized carbons (Fsp3) is 0.762. The molecule has 1 aromatic rings. The minimum Gasteiger partial charge on any atom is -0.378 e. The molecule has 1 atom stereocenters. The smallest absolute Gasteiger partial charge is 0.227 e. The highest BCUT2D eigenvalue weighted by Gasteiger charge is 2.34. The minimum absolute atomic E-state index is 0.162. The van der Waals surface area contributed by atoms with Crippen LogP contribution >= 0.6 is 0 Å². The number of carbonyl (C=O) groups excluding carboxylic acids is 1. The maximum Gasteiger partial charge on any atom is 0.227 e. The zero-order valence-corrected chi connectivity index (χ0v) is 17.3. The predicted octanol–water partition coefficient (Wildman–Crippen LogP) is 1.63. The molecular weight excluding hydrogens is 354 g/mol. The normalized spacial score (nSPS) is 25.1. The molecular formula is C21H33N5O2. The molecule has 4 heterocycles. The van der Waals surface area contributed by atoms with Crippen LogP contribution in [-0.4, -0.2) is 84.2 Å². The van der Waals surface area contributed by atoms with E-state index in [1.54, 1.807) is 0 Å². The Kier molecular flexibility index (Phi) is 6.11. The number of morpholine rings is 1. The largest absolute Gasteiger partial charge is 0.378 e. The zero-order valence-electron chi connectivity index (χ0n) is 17.3. The molecule has 154 valence electrons. The van der Waals surface area contributed by atoms with E-state index < -0.39 is 0 Å². The summed E-state index contributed by atoms with van der Waals surface area (Å²) in [6.45, 7) is 11.0. The molecule has 28 heavy (non-hydrogen) atoms. The number of carbonyl (C=O) groups is 1. The summed E-state index contributed by atoms with van der Waals surface area (Å²) in [4.78, 5) is 29.1. The molecule has 0 aromatic carbocycles. The number of anilines is 1. The summed E-state index contributed by atoms with van der Waals surface area (Å²) in [7, 11) is 0. The van der Waals surface area contributed by atoms with Crippen molar-refractivity contribution in [2.24, 2.45) is 5.92 Å². The molecule has 3 fully saturated rings. The lowest BCUT2D eigenvalue weighted by Crippen LogP contribution is -2.52. The molecule has 0 aliphatic carbocycles. The first kappa shape index (κ1) is 19.6. The van der Waals surface area contributed by atoms with Crippen molar-refractivity contribution in [3.8, 4) is 0 Å². The highest BCUT2D eigenvalue weighted by atomic mass is 16.5. The number of hydrogen-bond acceptors (Lipinski definition) is 6. The van der Waals surface area contributed by atoms with E-state index in [0.29, 0.717) is 25.2 Å². The maximum absolute atomic E-state index is 12.9. The van der Waals surface area contributed by atoms with E-state index >= 15 is 0 Å². The van der Waals surface area contributed by atoms with Gasteiger partial charge in [0.1, 0.15) is 5.82 Å². The molecule has 0 radical (unpaired) electrons. The summed E-state index contributed by atoms with van der Waals surface area (Å²) >= 11 is 0. The number of aryl methyl sites for hydroxylation is 2. The molecule has 0 N–H and O–H groups in total. The van der Waals surface area contributed by atoms with E-state index in [9.17, 15) is 4.79 Å². The van der Waals surface area contributed by atoms with E-state index in [1.165, 1.54) is 0 Å². The van der Waals surface area contributed by atoms with Crippen LogP contribution in [0.1, 0.15) is 37.1 Å². The van der Waals surface area contributed by atoms with Crippen molar-refractivity contribution in [1.29, 1.82) is 0 Å². The average Bonchev–Trinajstić information content (AvgIpc) is 2.76. The third-order valence-electron chi connectivity index (χ3n) is 6.46. The zero-order chi connectivity index (χ0) is 19.5. The average molecular weight is 388 g/mol. The molecule has 1 unspecified atom stereocenters. The molecule has 7 nitrogen and oxygen atoms in total. The first-order valence-corrected chi connectivity index (χ1v) is 10.8. The number of piperidine rings is 2. The van der Waals surface area contributed by atoms with E-state index in [4.69, 9.17) is 9.72 Å². The third-order valence-corrected chi connectivity index (χ3v) is 6.46. The van der Waals surface area contributed by atoms with Crippen LogP contribution in [0.15, 0.2) is 6.20 Å². The van der Waals surface area contributed by atoms with Gasteiger partial charge >= 0.3 is 0 Å². The first-order chi connectivity index (χ1) is 13.6. The molecule has 0 bridgehead atoms. The Labute approximate surface area is 168 Å². The summed E-state index contributed by atoms with van der Waals surface area (Å²) in [5.41, 5.74) is 1.99. The second-order valence-corrected chi connectivity index (χ2v) is 8.41. The Morgan fingerprint density at radius 2 is 1.82 bits per heavy atom. The number of amides is 1. The summed E-state index contributed by atoms with van der Waals surface area (Å²) in [6.07, 6.45) is 6.26. The number of hydrogen-bond donors (Lipinski definition) is 0. The molecule has 3 aliphatic heterocycles. The van der Waals surface area contributed by atoms with Crippen molar-refractivity contribution in [1.82, 2.24) is 19.8 Å². The van der Waals surface area contributed by atoms with Crippen LogP contribution in [0.5, 0.6) is 0 Å². The van der Waals surface area contributed by atoms with Gasteiger partial charge in [0.25, 0.3) is 0 Å². The van der Waals surface area contributed by atoms with Gasteiger partial charge in [0.05, 0.1) is 30.5 Å². The highest BCUT2D eigenvalue weighted by molar-refractivity contribution is 5.79. The second kappa shape index (κ2) is 8.74. The van der Waals surface area contributed by atoms with E-state index in [-0.39, 0.29) is 5.92 Å². The van der Waals surface area contributed by atoms with Crippen molar-refractivity contribution in [2.45, 2.75) is 45.6 Å². The Bertz CT molecular complexity index is 683. The molecule has 1 aromatic heterocycles. The fourth-order valence-corrected chi connectivity index (χ4v) is 4.85. The quantitative estimate of drug-likeness (QED) is 0.786. The lowest BCUT2D eigenvalue weighted by atomic mass is 9.92. The monoisotopic (exact) mass is 387 g/mol. The standard InChI is InChI=1S/C21H33N5O2/c1-16-14-22-17(2)20(23-16)24-8-5-19(6-9-24)26-7-3-4-18(15-26)21(27)25-10-12-28-13-11-25/h14,18-19H,3-13,15H2,1-2H3. The topological polar surface area (TPSA) is 61.8 Å². The predicted molar refractivity (Wildman–Crippen MR) is 108 cm³/mol. The van der Waals surface area contributed by atoms with Gasteiger partial charge in [-0.3, -0.25) is 14.7 Å². The van der Waals surface area contributed by atoms with Gasteiger partial charge < -0.3 is 14.5 Å². The number of rotatable bonds is 3. The number of likely N-dealkylation sites (tertiary alicyclic amines) is 1. The highest BCUT2D eigenvalue weighted by Crippen LogP contribution is 2.27. The summed E-state index contributed by atoms with van der Waals surface area (Å²) in [6, 6.07) is 0.578. The molecule has 0 spiro atoms. The van der Waals surface area contributed by atoms with Gasteiger partial charge in [0.2, 0.25) is 5.91 Å². The van der Waals surface area contributed by atoms with Gasteiger partial charge in [-0.1, -0.05) is 0 Å². The Morgan fingerprint density at radius 1 is 1.07 bits per heavy atom. The van der Waals surface area contributed by atoms with Crippen molar-refractivity contribution < 1.29 is 9.53 Å². The molecule has 1 amide bonds. The minimum atomic E-state index is 0.162. The molecule has 4 rings (SSSR count). The summed E-state index contributed by atoms with van der Waals surface area (Å²) in [5, 5.41) is 0. The summed E-state index contributed by atoms with van der Waals surface area (Å²) in [5.74, 6) is 1.54. The Balaban J connectivity index is 1.33. The van der Waals surface area contributed by atoms with Gasteiger partial charge in [-0.25, -0.2) is 4.98 Å². The molecule has 3 aliphatic rings. The van der Waals surface area contributed by atoms with Gasteiger partial charge in [-0.05, 0) is 46.1 Å². The Hall–Kier alpha value is -1.73. The SMILES string of the molecule is Cc1cnc(C)c(N2CCC(N3CCCC(C(=O)N4CCOCC4)C3)CC2)n1. The van der Waals surface area contributed by atoms with Gasteiger partial charge in [0, 0.05) is 45.0 Å². The van der Waals surface area contributed by atoms with Crippen molar-refractivity contribution in [3.63, 3.8) is 0 Å². The maximum atomic E-state index is 12.9. The van der Waals surface area contributed by atoms with Crippen molar-refractivity contribution >= 4 is 11.7 Å². The second-order valence-electron chi connectivity index (χ2n) is 8.41. The van der Waals surface area contributed by atoms with E-state index in [1.807, 2.05) is 24.9 Å². The summed E-state index contributed by atoms with van der Waals surface area (Å²) < 4.78 is 5.40. The van der Waals surface area contributed by atoms with Crippen LogP contribution in [0.4, 0.5) is 5.82 Å². The fourth-order valence-electron chi connectivity index (χ4n) is 4.85. The van der Waals surface area contributed by atoms with E-state index in [0.717, 1.165) is 82.2 Å². The Morgan fingerprint density at radius 3 is 2.57 bits per heavy atom. The molecule has 7 heteroatoms. The first-order valence-electron chi connectivity index (χ1n) is 10.8. The van der Waals surface area contributed by atoms with Crippen LogP contribution in [0.2, 0.25) is 0 Å². The van der Waals surface area contributed by atoms with Crippen molar-refractivity contribution in [2.75, 3.05) is 57.4 Å². The van der Waals surface area contributed by atoms with E-state index in [2.05, 4.69) is 14.8 Å². The van der Waals surface area contributed by atoms with Crippen LogP contribution in [0.25, 0.3) is 0 Å². The third kappa shape index (κ3) is 4.30. The van der Waals surface area contributed by atoms with Gasteiger partial charge in [-0.2, -0.15) is 0 Å².